The molecule has 0 bridgehead atoms. The molecule has 1 unspecified atom stereocenters. The molecular weight excluding hydrogens is 370 g/mol. The van der Waals surface area contributed by atoms with Crippen LogP contribution in [0.4, 0.5) is 11.6 Å². The number of hydrogen-bond donors (Lipinski definition) is 1. The first-order valence-corrected chi connectivity index (χ1v) is 9.89. The number of aromatic nitrogens is 7. The number of anilines is 2. The van der Waals surface area contributed by atoms with E-state index in [0.717, 1.165) is 31.6 Å². The summed E-state index contributed by atoms with van der Waals surface area (Å²) >= 11 is 0. The summed E-state index contributed by atoms with van der Waals surface area (Å²) < 4.78 is 3.12. The van der Waals surface area contributed by atoms with E-state index in [1.807, 2.05) is 19.9 Å². The summed E-state index contributed by atoms with van der Waals surface area (Å²) in [4.78, 5) is 27.1. The molecule has 0 amide bonds. The van der Waals surface area contributed by atoms with Crippen molar-refractivity contribution in [1.82, 2.24) is 34.5 Å². The fourth-order valence-electron chi connectivity index (χ4n) is 3.55. The van der Waals surface area contributed by atoms with Gasteiger partial charge in [0.1, 0.15) is 24.3 Å². The van der Waals surface area contributed by atoms with E-state index in [1.54, 1.807) is 34.2 Å². The van der Waals surface area contributed by atoms with Crippen molar-refractivity contribution in [2.24, 2.45) is 0 Å². The van der Waals surface area contributed by atoms with Gasteiger partial charge in [0.15, 0.2) is 5.82 Å². The van der Waals surface area contributed by atoms with Crippen LogP contribution in [0.25, 0.3) is 5.82 Å². The number of rotatable bonds is 6. The van der Waals surface area contributed by atoms with E-state index in [0.29, 0.717) is 18.2 Å². The second-order valence-corrected chi connectivity index (χ2v) is 7.39. The third kappa shape index (κ3) is 4.25. The van der Waals surface area contributed by atoms with Crippen molar-refractivity contribution in [2.45, 2.75) is 45.2 Å². The Morgan fingerprint density at radius 1 is 1.17 bits per heavy atom. The molecule has 1 aliphatic rings. The smallest absolute Gasteiger partial charge is 0.267 e. The van der Waals surface area contributed by atoms with E-state index >= 15 is 0 Å². The van der Waals surface area contributed by atoms with Gasteiger partial charge in [-0.15, -0.1) is 0 Å². The minimum Gasteiger partial charge on any atom is -0.367 e. The molecule has 3 aromatic heterocycles. The first-order valence-electron chi connectivity index (χ1n) is 9.89. The lowest BCUT2D eigenvalue weighted by Gasteiger charge is -2.37. The van der Waals surface area contributed by atoms with Gasteiger partial charge >= 0.3 is 0 Å². The maximum absolute atomic E-state index is 12.1. The van der Waals surface area contributed by atoms with Gasteiger partial charge < -0.3 is 10.2 Å². The minimum absolute atomic E-state index is 0.0265. The first kappa shape index (κ1) is 19.0. The predicted octanol–water partition coefficient (Wildman–Crippen LogP) is 1.67. The van der Waals surface area contributed by atoms with Crippen LogP contribution in [0, 0.1) is 0 Å². The summed E-state index contributed by atoms with van der Waals surface area (Å²) in [6, 6.07) is 3.71. The molecule has 1 fully saturated rings. The molecule has 0 spiro atoms. The Bertz CT molecular complexity index is 999. The topological polar surface area (TPSA) is 107 Å². The zero-order valence-electron chi connectivity index (χ0n) is 16.6. The molecule has 1 saturated heterocycles. The molecule has 0 saturated carbocycles. The van der Waals surface area contributed by atoms with Crippen molar-refractivity contribution in [2.75, 3.05) is 23.3 Å². The summed E-state index contributed by atoms with van der Waals surface area (Å²) in [6.07, 6.45) is 9.72. The largest absolute Gasteiger partial charge is 0.367 e. The molecule has 0 radical (unpaired) electrons. The van der Waals surface area contributed by atoms with Crippen LogP contribution < -0.4 is 15.8 Å². The Morgan fingerprint density at radius 2 is 2.07 bits per heavy atom. The standard InChI is InChI=1S/C19H25N9O/c1-14(2)28-19(29)7-6-17(25-28)26-8-4-3-5-15(26)9-22-16-10-20-11-18(24-16)27-13-21-12-23-27/h6-7,10-15H,3-5,8-9H2,1-2H3,(H,22,24). The van der Waals surface area contributed by atoms with Crippen LogP contribution in [0.5, 0.6) is 0 Å². The number of hydrogen-bond acceptors (Lipinski definition) is 8. The zero-order chi connectivity index (χ0) is 20.2. The van der Waals surface area contributed by atoms with Gasteiger partial charge in [0.25, 0.3) is 5.56 Å². The first-order chi connectivity index (χ1) is 14.1. The van der Waals surface area contributed by atoms with Crippen molar-refractivity contribution in [3.63, 3.8) is 0 Å². The Balaban J connectivity index is 1.50. The fourth-order valence-corrected chi connectivity index (χ4v) is 3.55. The molecule has 10 heteroatoms. The quantitative estimate of drug-likeness (QED) is 0.672. The maximum atomic E-state index is 12.1. The summed E-state index contributed by atoms with van der Waals surface area (Å²) in [5.74, 6) is 2.13. The summed E-state index contributed by atoms with van der Waals surface area (Å²) in [5.41, 5.74) is -0.0735. The van der Waals surface area contributed by atoms with Crippen LogP contribution in [0.1, 0.15) is 39.2 Å². The minimum atomic E-state index is -0.0735. The molecule has 29 heavy (non-hydrogen) atoms. The van der Waals surface area contributed by atoms with E-state index in [2.05, 4.69) is 35.4 Å². The second kappa shape index (κ2) is 8.38. The average Bonchev–Trinajstić information content (AvgIpc) is 3.28. The summed E-state index contributed by atoms with van der Waals surface area (Å²) in [6.45, 7) is 5.56. The Hall–Kier alpha value is -3.30. The molecule has 4 heterocycles. The number of piperidine rings is 1. The lowest BCUT2D eigenvalue weighted by Crippen LogP contribution is -2.45. The van der Waals surface area contributed by atoms with Crippen LogP contribution in [0.15, 0.2) is 42.0 Å². The van der Waals surface area contributed by atoms with Crippen molar-refractivity contribution in [1.29, 1.82) is 0 Å². The highest BCUT2D eigenvalue weighted by atomic mass is 16.1. The monoisotopic (exact) mass is 395 g/mol. The Kier molecular flexibility index (Phi) is 5.50. The SMILES string of the molecule is CC(C)n1nc(N2CCCCC2CNc2cncc(-n3cncn3)n2)ccc1=O. The number of nitrogens with one attached hydrogen (secondary N) is 1. The highest BCUT2D eigenvalue weighted by molar-refractivity contribution is 5.41. The highest BCUT2D eigenvalue weighted by Crippen LogP contribution is 2.23. The van der Waals surface area contributed by atoms with Crippen LogP contribution in [-0.2, 0) is 0 Å². The van der Waals surface area contributed by atoms with E-state index < -0.39 is 0 Å². The van der Waals surface area contributed by atoms with E-state index in [9.17, 15) is 4.79 Å². The van der Waals surface area contributed by atoms with E-state index in [1.165, 1.54) is 6.33 Å². The number of nitrogens with zero attached hydrogens (tertiary/aromatic N) is 8. The molecule has 152 valence electrons. The van der Waals surface area contributed by atoms with Gasteiger partial charge in [-0.05, 0) is 39.2 Å². The van der Waals surface area contributed by atoms with Crippen molar-refractivity contribution in [3.05, 3.63) is 47.5 Å². The van der Waals surface area contributed by atoms with Crippen LogP contribution >= 0.6 is 0 Å². The van der Waals surface area contributed by atoms with Crippen molar-refractivity contribution < 1.29 is 0 Å². The van der Waals surface area contributed by atoms with Crippen LogP contribution in [0.2, 0.25) is 0 Å². The van der Waals surface area contributed by atoms with Gasteiger partial charge in [-0.2, -0.15) is 10.2 Å². The van der Waals surface area contributed by atoms with E-state index in [-0.39, 0.29) is 17.6 Å². The summed E-state index contributed by atoms with van der Waals surface area (Å²) in [5, 5.41) is 12.1. The van der Waals surface area contributed by atoms with Gasteiger partial charge in [-0.1, -0.05) is 0 Å². The van der Waals surface area contributed by atoms with Crippen molar-refractivity contribution in [3.8, 4) is 5.82 Å². The fraction of sp³-hybridized carbons (Fsp3) is 0.474. The van der Waals surface area contributed by atoms with Gasteiger partial charge in [-0.3, -0.25) is 9.78 Å². The average molecular weight is 395 g/mol. The normalized spacial score (nSPS) is 16.9. The molecule has 1 atom stereocenters. The molecule has 10 nitrogen and oxygen atoms in total. The molecule has 0 aliphatic carbocycles. The third-order valence-corrected chi connectivity index (χ3v) is 5.02. The predicted molar refractivity (Wildman–Crippen MR) is 109 cm³/mol. The van der Waals surface area contributed by atoms with Gasteiger partial charge in [0.05, 0.1) is 18.4 Å². The molecule has 3 aromatic rings. The van der Waals surface area contributed by atoms with E-state index in [4.69, 9.17) is 0 Å². The molecular formula is C19H25N9O. The van der Waals surface area contributed by atoms with Crippen molar-refractivity contribution >= 4 is 11.6 Å². The lowest BCUT2D eigenvalue weighted by atomic mass is 10.0. The van der Waals surface area contributed by atoms with Gasteiger partial charge in [-0.25, -0.2) is 19.3 Å². The lowest BCUT2D eigenvalue weighted by molar-refractivity contribution is 0.451. The van der Waals surface area contributed by atoms with Crippen LogP contribution in [0.3, 0.4) is 0 Å². The molecule has 1 aliphatic heterocycles. The van der Waals surface area contributed by atoms with Crippen LogP contribution in [-0.4, -0.2) is 53.6 Å². The Morgan fingerprint density at radius 3 is 2.86 bits per heavy atom. The Labute approximate surface area is 168 Å². The highest BCUT2D eigenvalue weighted by Gasteiger charge is 2.24. The molecule has 1 N–H and O–H groups in total. The van der Waals surface area contributed by atoms with Gasteiger partial charge in [0.2, 0.25) is 0 Å². The maximum Gasteiger partial charge on any atom is 0.267 e. The van der Waals surface area contributed by atoms with Gasteiger partial charge in [0, 0.05) is 25.2 Å². The second-order valence-electron chi connectivity index (χ2n) is 7.39. The third-order valence-electron chi connectivity index (χ3n) is 5.02. The summed E-state index contributed by atoms with van der Waals surface area (Å²) in [7, 11) is 0. The molecule has 4 rings (SSSR count). The molecule has 0 aromatic carbocycles. The zero-order valence-corrected chi connectivity index (χ0v) is 16.6.